The van der Waals surface area contributed by atoms with Crippen LogP contribution in [0.2, 0.25) is 5.02 Å². The molecule has 0 atom stereocenters. The maximum atomic E-state index is 14.2. The van der Waals surface area contributed by atoms with Gasteiger partial charge < -0.3 is 4.74 Å². The number of nitrogens with zero attached hydrogens (tertiary/aromatic N) is 4. The first-order valence-electron chi connectivity index (χ1n) is 7.69. The Labute approximate surface area is 152 Å². The quantitative estimate of drug-likeness (QED) is 0.635. The fourth-order valence-corrected chi connectivity index (χ4v) is 2.88. The predicted molar refractivity (Wildman–Crippen MR) is 96.4 cm³/mol. The molecule has 26 heavy (non-hydrogen) atoms. The third-order valence-electron chi connectivity index (χ3n) is 4.02. The monoisotopic (exact) mass is 378 g/mol. The summed E-state index contributed by atoms with van der Waals surface area (Å²) in [7, 11) is 2.86. The van der Waals surface area contributed by atoms with E-state index in [0.29, 0.717) is 0 Å². The first kappa shape index (κ1) is 17.9. The van der Waals surface area contributed by atoms with E-state index in [1.165, 1.54) is 41.4 Å². The van der Waals surface area contributed by atoms with Crippen LogP contribution in [0.25, 0.3) is 11.2 Å². The largest absolute Gasteiger partial charge is 0.460 e. The molecule has 0 aliphatic rings. The standard InChI is InChI=1S/C17H16ClFN4O3/c1-4-8-26-16-20-14-13(15(24)22(3)17(25)21(14)2)23(16)9-10-11(18)6-5-7-12(10)19/h4-7H,1,8-9H2,2-3H3. The smallest absolute Gasteiger partial charge is 0.332 e. The highest BCUT2D eigenvalue weighted by Crippen LogP contribution is 2.25. The number of ether oxygens (including phenoxy) is 1. The molecule has 0 aliphatic carbocycles. The van der Waals surface area contributed by atoms with Crippen molar-refractivity contribution in [3.05, 3.63) is 68.1 Å². The summed E-state index contributed by atoms with van der Waals surface area (Å²) in [5, 5.41) is 0.211. The van der Waals surface area contributed by atoms with E-state index in [9.17, 15) is 14.0 Å². The summed E-state index contributed by atoms with van der Waals surface area (Å²) in [5.41, 5.74) is -0.631. The summed E-state index contributed by atoms with van der Waals surface area (Å²) in [6.07, 6.45) is 1.51. The van der Waals surface area contributed by atoms with Gasteiger partial charge in [-0.1, -0.05) is 30.3 Å². The van der Waals surface area contributed by atoms with E-state index in [1.54, 1.807) is 6.07 Å². The van der Waals surface area contributed by atoms with Crippen LogP contribution in [-0.2, 0) is 20.6 Å². The van der Waals surface area contributed by atoms with Gasteiger partial charge in [0, 0.05) is 24.7 Å². The van der Waals surface area contributed by atoms with Crippen LogP contribution in [0.15, 0.2) is 40.4 Å². The fraction of sp³-hybridized carbons (Fsp3) is 0.235. The van der Waals surface area contributed by atoms with Gasteiger partial charge in [-0.25, -0.2) is 9.18 Å². The SMILES string of the molecule is C=CCOc1nc2c(c(=O)n(C)c(=O)n2C)n1Cc1c(F)cccc1Cl. The lowest BCUT2D eigenvalue weighted by molar-refractivity contribution is 0.320. The second kappa shape index (κ2) is 6.80. The second-order valence-corrected chi connectivity index (χ2v) is 6.07. The number of aryl methyl sites for hydroxylation is 1. The molecule has 0 amide bonds. The molecule has 0 spiro atoms. The third-order valence-corrected chi connectivity index (χ3v) is 4.38. The molecule has 0 radical (unpaired) electrons. The number of hydrogen-bond donors (Lipinski definition) is 0. The molecule has 2 aromatic heterocycles. The van der Waals surface area contributed by atoms with Crippen molar-refractivity contribution >= 4 is 22.8 Å². The minimum atomic E-state index is -0.559. The molecule has 7 nitrogen and oxygen atoms in total. The van der Waals surface area contributed by atoms with Gasteiger partial charge in [-0.15, -0.1) is 0 Å². The highest BCUT2D eigenvalue weighted by Gasteiger charge is 2.21. The molecule has 2 heterocycles. The van der Waals surface area contributed by atoms with Crippen LogP contribution in [0.5, 0.6) is 6.01 Å². The fourth-order valence-electron chi connectivity index (χ4n) is 2.66. The number of hydrogen-bond acceptors (Lipinski definition) is 4. The van der Waals surface area contributed by atoms with Gasteiger partial charge in [-0.2, -0.15) is 4.98 Å². The number of aromatic nitrogens is 4. The lowest BCUT2D eigenvalue weighted by Crippen LogP contribution is -2.37. The number of benzene rings is 1. The Bertz CT molecular complexity index is 1110. The Morgan fingerprint density at radius 2 is 2.04 bits per heavy atom. The molecule has 3 aromatic rings. The van der Waals surface area contributed by atoms with Crippen LogP contribution in [0.3, 0.4) is 0 Å². The lowest BCUT2D eigenvalue weighted by atomic mass is 10.2. The van der Waals surface area contributed by atoms with Crippen molar-refractivity contribution in [1.29, 1.82) is 0 Å². The lowest BCUT2D eigenvalue weighted by Gasteiger charge is -2.11. The normalized spacial score (nSPS) is 11.1. The number of imidazole rings is 1. The molecular weight excluding hydrogens is 363 g/mol. The highest BCUT2D eigenvalue weighted by atomic mass is 35.5. The average molecular weight is 379 g/mol. The van der Waals surface area contributed by atoms with Crippen molar-refractivity contribution < 1.29 is 9.13 Å². The Morgan fingerprint density at radius 3 is 2.69 bits per heavy atom. The van der Waals surface area contributed by atoms with E-state index in [2.05, 4.69) is 11.6 Å². The summed E-state index contributed by atoms with van der Waals surface area (Å²) in [5.74, 6) is -0.518. The maximum Gasteiger partial charge on any atom is 0.332 e. The van der Waals surface area contributed by atoms with Crippen LogP contribution in [0, 0.1) is 5.82 Å². The molecule has 0 aliphatic heterocycles. The van der Waals surface area contributed by atoms with Crippen molar-refractivity contribution in [3.8, 4) is 6.01 Å². The zero-order chi connectivity index (χ0) is 19.0. The van der Waals surface area contributed by atoms with E-state index in [1.807, 2.05) is 0 Å². The third kappa shape index (κ3) is 2.82. The Hall–Kier alpha value is -2.87. The zero-order valence-electron chi connectivity index (χ0n) is 14.2. The van der Waals surface area contributed by atoms with E-state index in [4.69, 9.17) is 16.3 Å². The topological polar surface area (TPSA) is 71.1 Å². The van der Waals surface area contributed by atoms with Gasteiger partial charge in [0.05, 0.1) is 6.54 Å². The van der Waals surface area contributed by atoms with E-state index < -0.39 is 17.1 Å². The molecule has 1 aromatic carbocycles. The van der Waals surface area contributed by atoms with E-state index in [-0.39, 0.29) is 40.9 Å². The van der Waals surface area contributed by atoms with Crippen LogP contribution in [0.4, 0.5) is 4.39 Å². The zero-order valence-corrected chi connectivity index (χ0v) is 15.0. The van der Waals surface area contributed by atoms with Gasteiger partial charge in [-0.05, 0) is 12.1 Å². The maximum absolute atomic E-state index is 14.2. The van der Waals surface area contributed by atoms with Crippen molar-refractivity contribution in [3.63, 3.8) is 0 Å². The Balaban J connectivity index is 2.33. The minimum absolute atomic E-state index is 0.0671. The van der Waals surface area contributed by atoms with Crippen LogP contribution < -0.4 is 16.0 Å². The van der Waals surface area contributed by atoms with Crippen molar-refractivity contribution in [2.45, 2.75) is 6.54 Å². The molecule has 9 heteroatoms. The van der Waals surface area contributed by atoms with Gasteiger partial charge in [0.1, 0.15) is 12.4 Å². The molecule has 3 rings (SSSR count). The molecule has 0 saturated carbocycles. The second-order valence-electron chi connectivity index (χ2n) is 5.66. The van der Waals surface area contributed by atoms with Gasteiger partial charge in [0.2, 0.25) is 0 Å². The van der Waals surface area contributed by atoms with Crippen molar-refractivity contribution in [2.75, 3.05) is 6.61 Å². The molecule has 0 N–H and O–H groups in total. The summed E-state index contributed by atoms with van der Waals surface area (Å²) in [6.45, 7) is 3.62. The summed E-state index contributed by atoms with van der Waals surface area (Å²) in [6, 6.07) is 4.39. The molecule has 0 unspecified atom stereocenters. The molecule has 0 saturated heterocycles. The summed E-state index contributed by atoms with van der Waals surface area (Å²) < 4.78 is 23.4. The predicted octanol–water partition coefficient (Wildman–Crippen LogP) is 1.84. The van der Waals surface area contributed by atoms with Crippen LogP contribution in [-0.4, -0.2) is 25.3 Å². The van der Waals surface area contributed by atoms with Crippen molar-refractivity contribution in [1.82, 2.24) is 18.7 Å². The summed E-state index contributed by atoms with van der Waals surface area (Å²) in [4.78, 5) is 29.0. The molecule has 136 valence electrons. The number of halogens is 2. The van der Waals surface area contributed by atoms with Gasteiger partial charge in [0.25, 0.3) is 11.6 Å². The molecule has 0 fully saturated rings. The summed E-state index contributed by atoms with van der Waals surface area (Å²) >= 11 is 6.11. The van der Waals surface area contributed by atoms with Gasteiger partial charge in [-0.3, -0.25) is 18.5 Å². The van der Waals surface area contributed by atoms with Crippen LogP contribution >= 0.6 is 11.6 Å². The first-order valence-corrected chi connectivity index (χ1v) is 8.07. The van der Waals surface area contributed by atoms with Gasteiger partial charge in [0.15, 0.2) is 11.2 Å². The molecular formula is C17H16ClFN4O3. The van der Waals surface area contributed by atoms with Crippen molar-refractivity contribution in [2.24, 2.45) is 14.1 Å². The minimum Gasteiger partial charge on any atom is -0.460 e. The van der Waals surface area contributed by atoms with E-state index >= 15 is 0 Å². The highest BCUT2D eigenvalue weighted by molar-refractivity contribution is 6.31. The first-order chi connectivity index (χ1) is 12.4. The average Bonchev–Trinajstić information content (AvgIpc) is 2.98. The number of rotatable bonds is 5. The number of fused-ring (bicyclic) bond motifs is 1. The van der Waals surface area contributed by atoms with Gasteiger partial charge >= 0.3 is 5.69 Å². The molecule has 0 bridgehead atoms. The van der Waals surface area contributed by atoms with E-state index in [0.717, 1.165) is 4.57 Å². The Kier molecular flexibility index (Phi) is 4.69. The Morgan fingerprint density at radius 1 is 1.31 bits per heavy atom. The van der Waals surface area contributed by atoms with Crippen LogP contribution in [0.1, 0.15) is 5.56 Å².